The minimum atomic E-state index is -0.942. The molecule has 0 saturated heterocycles. The first-order valence-electron chi connectivity index (χ1n) is 6.93. The van der Waals surface area contributed by atoms with E-state index in [0.29, 0.717) is 11.3 Å². The van der Waals surface area contributed by atoms with Crippen molar-refractivity contribution in [2.45, 2.75) is 6.92 Å². The van der Waals surface area contributed by atoms with Crippen LogP contribution < -0.4 is 0 Å². The van der Waals surface area contributed by atoms with Gasteiger partial charge in [-0.3, -0.25) is 9.59 Å². The fraction of sp³-hybridized carbons (Fsp3) is 0.0588. The summed E-state index contributed by atoms with van der Waals surface area (Å²) in [7, 11) is 0. The maximum Gasteiger partial charge on any atom is 0.338 e. The first-order chi connectivity index (χ1) is 11.1. The van der Waals surface area contributed by atoms with Crippen molar-refractivity contribution >= 4 is 23.1 Å². The molecule has 2 aromatic carbocycles. The number of hydrogen-bond acceptors (Lipinski definition) is 5. The van der Waals surface area contributed by atoms with Crippen LogP contribution in [0.5, 0.6) is 0 Å². The van der Waals surface area contributed by atoms with Crippen molar-refractivity contribution in [3.63, 3.8) is 0 Å². The average molecular weight is 304 g/mol. The van der Waals surface area contributed by atoms with E-state index < -0.39 is 11.7 Å². The van der Waals surface area contributed by atoms with E-state index in [2.05, 4.69) is 20.5 Å². The third-order valence-corrected chi connectivity index (χ3v) is 3.22. The van der Waals surface area contributed by atoms with Crippen LogP contribution >= 0.6 is 0 Å². The van der Waals surface area contributed by atoms with Crippen LogP contribution in [-0.4, -0.2) is 11.7 Å². The highest BCUT2D eigenvalue weighted by atomic mass is 16.2. The summed E-state index contributed by atoms with van der Waals surface area (Å²) in [5, 5.41) is 15.2. The molecular weight excluding hydrogens is 292 g/mol. The van der Waals surface area contributed by atoms with Crippen molar-refractivity contribution in [1.82, 2.24) is 0 Å². The monoisotopic (exact) mass is 304 g/mol. The molecule has 0 radical (unpaired) electrons. The first-order valence-corrected chi connectivity index (χ1v) is 6.93. The summed E-state index contributed by atoms with van der Waals surface area (Å²) in [6.07, 6.45) is 0. The third-order valence-electron chi connectivity index (χ3n) is 3.22. The van der Waals surface area contributed by atoms with E-state index in [1.807, 2.05) is 25.1 Å². The molecule has 0 aromatic heterocycles. The zero-order chi connectivity index (χ0) is 16.2. The van der Waals surface area contributed by atoms with Crippen LogP contribution in [0.1, 0.15) is 11.1 Å². The predicted octanol–water partition coefficient (Wildman–Crippen LogP) is 4.01. The number of nitrogens with zero attached hydrogens (tertiary/aromatic N) is 4. The first kappa shape index (κ1) is 14.6. The van der Waals surface area contributed by atoms with Gasteiger partial charge in [0, 0.05) is 5.56 Å². The number of hydrogen-bond donors (Lipinski definition) is 0. The lowest BCUT2D eigenvalue weighted by Gasteiger charge is -2.08. The molecule has 1 amide bonds. The van der Waals surface area contributed by atoms with Crippen molar-refractivity contribution < 1.29 is 9.59 Å². The van der Waals surface area contributed by atoms with Gasteiger partial charge in [-0.05, 0) is 19.1 Å². The highest BCUT2D eigenvalue weighted by molar-refractivity contribution is 6.44. The molecule has 0 fully saturated rings. The fourth-order valence-electron chi connectivity index (χ4n) is 2.00. The van der Waals surface area contributed by atoms with Crippen molar-refractivity contribution in [2.75, 3.05) is 0 Å². The summed E-state index contributed by atoms with van der Waals surface area (Å²) in [5.41, 5.74) is 2.44. The fourth-order valence-corrected chi connectivity index (χ4v) is 2.00. The van der Waals surface area contributed by atoms with Gasteiger partial charge in [0.1, 0.15) is 5.70 Å². The lowest BCUT2D eigenvalue weighted by Crippen LogP contribution is -2.16. The van der Waals surface area contributed by atoms with Gasteiger partial charge in [0.15, 0.2) is 5.70 Å². The van der Waals surface area contributed by atoms with Gasteiger partial charge >= 0.3 is 5.91 Å². The average Bonchev–Trinajstić information content (AvgIpc) is 2.58. The van der Waals surface area contributed by atoms with Gasteiger partial charge in [-0.15, -0.1) is 15.3 Å². The Morgan fingerprint density at radius 2 is 1.52 bits per heavy atom. The zero-order valence-electron chi connectivity index (χ0n) is 12.3. The van der Waals surface area contributed by atoms with Crippen molar-refractivity contribution in [3.05, 3.63) is 71.4 Å². The molecule has 0 aliphatic carbocycles. The van der Waals surface area contributed by atoms with E-state index in [1.54, 1.807) is 36.4 Å². The number of benzene rings is 2. The molecular formula is C17H12N4O2. The Balaban J connectivity index is 2.06. The van der Waals surface area contributed by atoms with Crippen molar-refractivity contribution in [1.29, 1.82) is 0 Å². The van der Waals surface area contributed by atoms with Gasteiger partial charge < -0.3 is 0 Å². The zero-order valence-corrected chi connectivity index (χ0v) is 12.3. The maximum absolute atomic E-state index is 12.1. The topological polar surface area (TPSA) is 83.6 Å². The Kier molecular flexibility index (Phi) is 3.97. The number of ketones is 1. The molecule has 1 aliphatic heterocycles. The second-order valence-electron chi connectivity index (χ2n) is 4.93. The predicted molar refractivity (Wildman–Crippen MR) is 83.9 cm³/mol. The van der Waals surface area contributed by atoms with Gasteiger partial charge in [0.25, 0.3) is 5.78 Å². The lowest BCUT2D eigenvalue weighted by atomic mass is 10.1. The maximum atomic E-state index is 12.1. The number of amides is 1. The summed E-state index contributed by atoms with van der Waals surface area (Å²) in [5.74, 6) is -1.75. The summed E-state index contributed by atoms with van der Waals surface area (Å²) in [6.45, 7) is 1.95. The minimum absolute atomic E-state index is 0.0993. The number of azo groups is 2. The molecule has 23 heavy (non-hydrogen) atoms. The molecule has 1 aliphatic rings. The molecule has 0 unspecified atom stereocenters. The van der Waals surface area contributed by atoms with Crippen LogP contribution in [0.2, 0.25) is 0 Å². The molecule has 112 valence electrons. The molecule has 0 saturated carbocycles. The highest BCUT2D eigenvalue weighted by Crippen LogP contribution is 2.27. The van der Waals surface area contributed by atoms with E-state index >= 15 is 0 Å². The summed E-state index contributed by atoms with van der Waals surface area (Å²) in [6, 6.07) is 16.3. The summed E-state index contributed by atoms with van der Waals surface area (Å²) >= 11 is 0. The molecule has 0 bridgehead atoms. The van der Waals surface area contributed by atoms with Crippen molar-refractivity contribution in [3.8, 4) is 0 Å². The largest absolute Gasteiger partial charge is 0.338 e. The van der Waals surface area contributed by atoms with Gasteiger partial charge in [-0.2, -0.15) is 5.11 Å². The number of Topliss-reactive ketones (excluding diaryl/α,β-unsaturated/α-hetero) is 1. The Bertz CT molecular complexity index is 850. The van der Waals surface area contributed by atoms with Crippen LogP contribution in [0, 0.1) is 6.92 Å². The van der Waals surface area contributed by atoms with E-state index in [1.165, 1.54) is 0 Å². The number of rotatable bonds is 3. The van der Waals surface area contributed by atoms with E-state index in [-0.39, 0.29) is 11.4 Å². The smallest absolute Gasteiger partial charge is 0.281 e. The second-order valence-corrected chi connectivity index (χ2v) is 4.93. The van der Waals surface area contributed by atoms with Crippen molar-refractivity contribution in [2.24, 2.45) is 20.5 Å². The van der Waals surface area contributed by atoms with Crippen LogP contribution in [0.25, 0.3) is 5.70 Å². The molecule has 6 heteroatoms. The third kappa shape index (κ3) is 3.16. The molecule has 0 spiro atoms. The van der Waals surface area contributed by atoms with Gasteiger partial charge in [0.05, 0.1) is 5.69 Å². The van der Waals surface area contributed by atoms with Gasteiger partial charge in [0.2, 0.25) is 0 Å². The van der Waals surface area contributed by atoms with Crippen LogP contribution in [-0.2, 0) is 9.59 Å². The molecule has 2 aromatic rings. The Hall–Kier alpha value is -3.28. The van der Waals surface area contributed by atoms with Crippen LogP contribution in [0.15, 0.2) is 80.8 Å². The van der Waals surface area contributed by atoms with Gasteiger partial charge in [-0.1, -0.05) is 48.0 Å². The molecule has 1 heterocycles. The van der Waals surface area contributed by atoms with E-state index in [0.717, 1.165) is 5.56 Å². The van der Waals surface area contributed by atoms with Crippen LogP contribution in [0.4, 0.5) is 5.69 Å². The normalized spacial score (nSPS) is 14.8. The Morgan fingerprint density at radius 1 is 0.826 bits per heavy atom. The Labute approximate surface area is 132 Å². The Morgan fingerprint density at radius 3 is 2.22 bits per heavy atom. The van der Waals surface area contributed by atoms with Gasteiger partial charge in [-0.25, -0.2) is 0 Å². The molecule has 3 rings (SSSR count). The quantitative estimate of drug-likeness (QED) is 0.634. The number of carbonyl (C=O) groups excluding carboxylic acids is 2. The highest BCUT2D eigenvalue weighted by Gasteiger charge is 2.28. The van der Waals surface area contributed by atoms with E-state index in [9.17, 15) is 9.59 Å². The molecule has 0 atom stereocenters. The molecule has 0 N–H and O–H groups in total. The van der Waals surface area contributed by atoms with Crippen LogP contribution in [0.3, 0.4) is 0 Å². The van der Waals surface area contributed by atoms with E-state index in [4.69, 9.17) is 0 Å². The number of aryl methyl sites for hydroxylation is 1. The lowest BCUT2D eigenvalue weighted by molar-refractivity contribution is -0.134. The SMILES string of the molecule is Cc1ccc(C2=C(N=Nc3ccccc3)C(=O)C(=O)N=N2)cc1. The summed E-state index contributed by atoms with van der Waals surface area (Å²) in [4.78, 5) is 23.6. The summed E-state index contributed by atoms with van der Waals surface area (Å²) < 4.78 is 0. The standard InChI is InChI=1S/C17H12N4O2/c1-11-7-9-12(10-8-11)14-15(16(22)17(23)21-19-14)20-18-13-5-3-2-4-6-13/h2-10H,1H3. The molecule has 6 nitrogen and oxygen atoms in total. The second kappa shape index (κ2) is 6.23. The number of carbonyl (C=O) groups is 2. The minimum Gasteiger partial charge on any atom is -0.281 e.